The standard InChI is InChI=1S/C11H15ClN2O2S.ClH/c1-9-8-13-6-7-14(9)17(15,16)11-5-3-2-4-10(11)12;/h2-5,9,13H,6-8H2,1H3;1H/t9-;/m0./s1. The number of benzene rings is 1. The van der Waals surface area contributed by atoms with Crippen molar-refractivity contribution >= 4 is 34.0 Å². The zero-order valence-electron chi connectivity index (χ0n) is 9.97. The van der Waals surface area contributed by atoms with Gasteiger partial charge in [0.15, 0.2) is 0 Å². The van der Waals surface area contributed by atoms with Gasteiger partial charge in [0.1, 0.15) is 4.90 Å². The summed E-state index contributed by atoms with van der Waals surface area (Å²) < 4.78 is 26.4. The van der Waals surface area contributed by atoms with Crippen LogP contribution in [0, 0.1) is 0 Å². The maximum atomic E-state index is 12.4. The van der Waals surface area contributed by atoms with E-state index in [1.54, 1.807) is 24.3 Å². The largest absolute Gasteiger partial charge is 0.314 e. The second-order valence-electron chi connectivity index (χ2n) is 4.10. The summed E-state index contributed by atoms with van der Waals surface area (Å²) in [5.74, 6) is 0. The monoisotopic (exact) mass is 310 g/mol. The van der Waals surface area contributed by atoms with Crippen molar-refractivity contribution in [2.45, 2.75) is 17.9 Å². The van der Waals surface area contributed by atoms with Crippen LogP contribution in [0.25, 0.3) is 0 Å². The first kappa shape index (κ1) is 15.7. The van der Waals surface area contributed by atoms with Crippen LogP contribution in [0.5, 0.6) is 0 Å². The van der Waals surface area contributed by atoms with E-state index in [2.05, 4.69) is 5.32 Å². The Morgan fingerprint density at radius 2 is 2.06 bits per heavy atom. The summed E-state index contributed by atoms with van der Waals surface area (Å²) in [7, 11) is -3.48. The zero-order chi connectivity index (χ0) is 12.5. The van der Waals surface area contributed by atoms with Gasteiger partial charge in [-0.3, -0.25) is 0 Å². The predicted molar refractivity (Wildman–Crippen MR) is 74.9 cm³/mol. The van der Waals surface area contributed by atoms with Crippen molar-refractivity contribution in [1.82, 2.24) is 9.62 Å². The first-order valence-corrected chi connectivity index (χ1v) is 7.32. The lowest BCUT2D eigenvalue weighted by atomic mass is 10.3. The molecule has 0 amide bonds. The number of nitrogens with one attached hydrogen (secondary N) is 1. The molecule has 0 saturated carbocycles. The van der Waals surface area contributed by atoms with E-state index in [0.29, 0.717) is 19.6 Å². The first-order valence-electron chi connectivity index (χ1n) is 5.50. The molecule has 0 radical (unpaired) electrons. The van der Waals surface area contributed by atoms with Crippen LogP contribution < -0.4 is 5.32 Å². The van der Waals surface area contributed by atoms with E-state index in [1.807, 2.05) is 6.92 Å². The lowest BCUT2D eigenvalue weighted by Gasteiger charge is -2.33. The van der Waals surface area contributed by atoms with E-state index >= 15 is 0 Å². The Balaban J connectivity index is 0.00000162. The smallest absolute Gasteiger partial charge is 0.244 e. The Hall–Kier alpha value is -0.330. The highest BCUT2D eigenvalue weighted by Crippen LogP contribution is 2.25. The molecule has 0 spiro atoms. The fourth-order valence-corrected chi connectivity index (χ4v) is 4.09. The summed E-state index contributed by atoms with van der Waals surface area (Å²) in [4.78, 5) is 0.190. The molecule has 7 heteroatoms. The van der Waals surface area contributed by atoms with E-state index < -0.39 is 10.0 Å². The van der Waals surface area contributed by atoms with Crippen LogP contribution in [0.2, 0.25) is 5.02 Å². The van der Waals surface area contributed by atoms with Gasteiger partial charge in [-0.2, -0.15) is 4.31 Å². The number of piperazine rings is 1. The summed E-state index contributed by atoms with van der Waals surface area (Å²) in [5.41, 5.74) is 0. The van der Waals surface area contributed by atoms with E-state index in [1.165, 1.54) is 4.31 Å². The number of rotatable bonds is 2. The molecule has 1 aromatic carbocycles. The van der Waals surface area contributed by atoms with Crippen LogP contribution in [0.3, 0.4) is 0 Å². The number of hydrogen-bond donors (Lipinski definition) is 1. The molecule has 1 N–H and O–H groups in total. The number of hydrogen-bond acceptors (Lipinski definition) is 3. The van der Waals surface area contributed by atoms with E-state index in [0.717, 1.165) is 0 Å². The van der Waals surface area contributed by atoms with Crippen LogP contribution in [-0.4, -0.2) is 38.4 Å². The summed E-state index contributed by atoms with van der Waals surface area (Å²) >= 11 is 5.95. The predicted octanol–water partition coefficient (Wildman–Crippen LogP) is 1.74. The van der Waals surface area contributed by atoms with Gasteiger partial charge in [-0.15, -0.1) is 12.4 Å². The van der Waals surface area contributed by atoms with Crippen LogP contribution >= 0.6 is 24.0 Å². The lowest BCUT2D eigenvalue weighted by molar-refractivity contribution is 0.284. The highest BCUT2D eigenvalue weighted by Gasteiger charge is 2.31. The maximum absolute atomic E-state index is 12.4. The van der Waals surface area contributed by atoms with Crippen molar-refractivity contribution in [3.63, 3.8) is 0 Å². The molecular weight excluding hydrogens is 295 g/mol. The molecule has 0 aliphatic carbocycles. The van der Waals surface area contributed by atoms with E-state index in [-0.39, 0.29) is 28.4 Å². The van der Waals surface area contributed by atoms with Gasteiger partial charge in [-0.05, 0) is 19.1 Å². The SMILES string of the molecule is C[C@H]1CNCCN1S(=O)(=O)c1ccccc1Cl.Cl. The van der Waals surface area contributed by atoms with Crippen molar-refractivity contribution in [3.8, 4) is 0 Å². The number of nitrogens with zero attached hydrogens (tertiary/aromatic N) is 1. The van der Waals surface area contributed by atoms with Gasteiger partial charge in [-0.25, -0.2) is 8.42 Å². The van der Waals surface area contributed by atoms with Gasteiger partial charge in [0.05, 0.1) is 5.02 Å². The summed E-state index contributed by atoms with van der Waals surface area (Å²) in [6.45, 7) is 3.72. The Morgan fingerprint density at radius 3 is 2.67 bits per heavy atom. The van der Waals surface area contributed by atoms with Gasteiger partial charge < -0.3 is 5.32 Å². The van der Waals surface area contributed by atoms with E-state index in [4.69, 9.17) is 11.6 Å². The maximum Gasteiger partial charge on any atom is 0.244 e. The fourth-order valence-electron chi connectivity index (χ4n) is 1.96. The Bertz CT molecular complexity index is 508. The van der Waals surface area contributed by atoms with Crippen molar-refractivity contribution in [2.75, 3.05) is 19.6 Å². The minimum absolute atomic E-state index is 0. The molecule has 4 nitrogen and oxygen atoms in total. The van der Waals surface area contributed by atoms with Gasteiger partial charge in [0.25, 0.3) is 0 Å². The number of sulfonamides is 1. The molecule has 1 saturated heterocycles. The zero-order valence-corrected chi connectivity index (χ0v) is 12.4. The van der Waals surface area contributed by atoms with Crippen molar-refractivity contribution in [2.24, 2.45) is 0 Å². The van der Waals surface area contributed by atoms with Gasteiger partial charge in [0, 0.05) is 25.7 Å². The van der Waals surface area contributed by atoms with Gasteiger partial charge in [0.2, 0.25) is 10.0 Å². The average molecular weight is 311 g/mol. The molecule has 1 aliphatic rings. The molecule has 18 heavy (non-hydrogen) atoms. The van der Waals surface area contributed by atoms with Crippen LogP contribution in [0.1, 0.15) is 6.92 Å². The highest BCUT2D eigenvalue weighted by molar-refractivity contribution is 7.89. The summed E-state index contributed by atoms with van der Waals surface area (Å²) in [6, 6.07) is 6.51. The lowest BCUT2D eigenvalue weighted by Crippen LogP contribution is -2.52. The molecule has 0 unspecified atom stereocenters. The van der Waals surface area contributed by atoms with Crippen LogP contribution in [0.15, 0.2) is 29.2 Å². The van der Waals surface area contributed by atoms with Crippen LogP contribution in [-0.2, 0) is 10.0 Å². The minimum atomic E-state index is -3.48. The molecule has 1 fully saturated rings. The quantitative estimate of drug-likeness (QED) is 0.905. The van der Waals surface area contributed by atoms with Crippen molar-refractivity contribution < 1.29 is 8.42 Å². The van der Waals surface area contributed by atoms with Gasteiger partial charge in [-0.1, -0.05) is 23.7 Å². The summed E-state index contributed by atoms with van der Waals surface area (Å²) in [6.07, 6.45) is 0. The Kier molecular flexibility index (Phi) is 5.43. The topological polar surface area (TPSA) is 49.4 Å². The normalized spacial score (nSPS) is 21.3. The molecule has 0 aromatic heterocycles. The molecule has 1 aliphatic heterocycles. The fraction of sp³-hybridized carbons (Fsp3) is 0.455. The summed E-state index contributed by atoms with van der Waals surface area (Å²) in [5, 5.41) is 3.44. The van der Waals surface area contributed by atoms with Gasteiger partial charge >= 0.3 is 0 Å². The highest BCUT2D eigenvalue weighted by atomic mass is 35.5. The van der Waals surface area contributed by atoms with E-state index in [9.17, 15) is 8.42 Å². The molecular formula is C11H16Cl2N2O2S. The first-order chi connectivity index (χ1) is 8.03. The third kappa shape index (κ3) is 2.97. The Morgan fingerprint density at radius 1 is 1.39 bits per heavy atom. The Labute approximate surface area is 119 Å². The molecule has 2 rings (SSSR count). The molecule has 1 atom stereocenters. The van der Waals surface area contributed by atoms with Crippen molar-refractivity contribution in [1.29, 1.82) is 0 Å². The minimum Gasteiger partial charge on any atom is -0.314 e. The molecule has 0 bridgehead atoms. The van der Waals surface area contributed by atoms with Crippen LogP contribution in [0.4, 0.5) is 0 Å². The second-order valence-corrected chi connectivity index (χ2v) is 6.37. The van der Waals surface area contributed by atoms with Crippen molar-refractivity contribution in [3.05, 3.63) is 29.3 Å². The molecule has 1 aromatic rings. The average Bonchev–Trinajstić information content (AvgIpc) is 2.29. The third-order valence-corrected chi connectivity index (χ3v) is 5.38. The molecule has 1 heterocycles. The second kappa shape index (κ2) is 6.21. The molecule has 102 valence electrons. The third-order valence-electron chi connectivity index (χ3n) is 2.86. The number of halogens is 2.